The number of nitrogens with zero attached hydrogens (tertiary/aromatic N) is 2. The van der Waals surface area contributed by atoms with E-state index in [1.54, 1.807) is 0 Å². The lowest BCUT2D eigenvalue weighted by molar-refractivity contribution is 0.669. The Hall–Kier alpha value is -6.58. The number of rotatable bonds is 5. The lowest BCUT2D eigenvalue weighted by Crippen LogP contribution is -2.04. The summed E-state index contributed by atoms with van der Waals surface area (Å²) in [5.41, 5.74) is 8.35. The monoisotopic (exact) mass is 640 g/mol. The van der Waals surface area contributed by atoms with Crippen LogP contribution < -0.4 is 0 Å². The van der Waals surface area contributed by atoms with Crippen LogP contribution >= 0.6 is 0 Å². The SMILES string of the molecule is C=C(N=C(N=C(C)c1cccc2oc3ccc(-c4ccc5c6ccccc6c6ccccc6c5c4)cc3c12)c1ccccc1)c1ccccc1. The van der Waals surface area contributed by atoms with Gasteiger partial charge in [0.05, 0.1) is 5.70 Å². The van der Waals surface area contributed by atoms with Gasteiger partial charge in [-0.05, 0) is 80.2 Å². The van der Waals surface area contributed by atoms with Crippen LogP contribution in [-0.4, -0.2) is 11.5 Å². The molecule has 0 aliphatic rings. The molecule has 0 atom stereocenters. The molecule has 8 aromatic carbocycles. The second-order valence-corrected chi connectivity index (χ2v) is 12.7. The fourth-order valence-corrected chi connectivity index (χ4v) is 7.18. The molecule has 1 aromatic heterocycles. The highest BCUT2D eigenvalue weighted by atomic mass is 16.3. The molecule has 0 saturated carbocycles. The van der Waals surface area contributed by atoms with Crippen molar-refractivity contribution < 1.29 is 4.42 Å². The first-order valence-corrected chi connectivity index (χ1v) is 16.9. The summed E-state index contributed by atoms with van der Waals surface area (Å²) >= 11 is 0. The summed E-state index contributed by atoms with van der Waals surface area (Å²) in [6.45, 7) is 6.31. The first-order chi connectivity index (χ1) is 24.6. The Kier molecular flexibility index (Phi) is 7.18. The second-order valence-electron chi connectivity index (χ2n) is 12.7. The highest BCUT2D eigenvalue weighted by Gasteiger charge is 2.16. The van der Waals surface area contributed by atoms with E-state index in [4.69, 9.17) is 14.4 Å². The molecule has 9 rings (SSSR count). The number of aliphatic imine (C=N–C) groups is 2. The van der Waals surface area contributed by atoms with Gasteiger partial charge in [0.25, 0.3) is 0 Å². The van der Waals surface area contributed by atoms with E-state index in [9.17, 15) is 0 Å². The summed E-state index contributed by atoms with van der Waals surface area (Å²) in [6, 6.07) is 57.0. The van der Waals surface area contributed by atoms with E-state index >= 15 is 0 Å². The van der Waals surface area contributed by atoms with Gasteiger partial charge >= 0.3 is 0 Å². The topological polar surface area (TPSA) is 37.9 Å². The van der Waals surface area contributed by atoms with Crippen molar-refractivity contribution in [3.63, 3.8) is 0 Å². The standard InChI is InChI=1S/C47H32N2O/c1-30(32-14-5-3-6-15-32)48-47(33-16-7-4-8-17-33)49-31(2)36-22-13-23-45-46(36)43-29-35(25-27-44(43)50-45)34-24-26-41-39-20-10-9-18-37(39)38-19-11-12-21-40(38)42(41)28-34/h3-29H,1H2,2H3. The molecule has 0 fully saturated rings. The smallest absolute Gasteiger partial charge is 0.160 e. The van der Waals surface area contributed by atoms with E-state index in [0.717, 1.165) is 55.5 Å². The van der Waals surface area contributed by atoms with Gasteiger partial charge < -0.3 is 4.42 Å². The van der Waals surface area contributed by atoms with Gasteiger partial charge in [-0.2, -0.15) is 0 Å². The first kappa shape index (κ1) is 29.6. The molecular formula is C47H32N2O. The maximum Gasteiger partial charge on any atom is 0.160 e. The highest BCUT2D eigenvalue weighted by molar-refractivity contribution is 6.26. The van der Waals surface area contributed by atoms with Crippen LogP contribution in [-0.2, 0) is 0 Å². The average Bonchev–Trinajstić information content (AvgIpc) is 3.56. The van der Waals surface area contributed by atoms with E-state index in [1.807, 2.05) is 79.7 Å². The third-order valence-corrected chi connectivity index (χ3v) is 9.62. The van der Waals surface area contributed by atoms with Crippen molar-refractivity contribution in [3.05, 3.63) is 187 Å². The normalized spacial score (nSPS) is 12.4. The second kappa shape index (κ2) is 12.1. The summed E-state index contributed by atoms with van der Waals surface area (Å²) < 4.78 is 6.42. The molecule has 50 heavy (non-hydrogen) atoms. The minimum atomic E-state index is 0.610. The zero-order valence-electron chi connectivity index (χ0n) is 27.6. The summed E-state index contributed by atoms with van der Waals surface area (Å²) in [5, 5.41) is 9.70. The number of hydrogen-bond acceptors (Lipinski definition) is 2. The number of furan rings is 1. The fraction of sp³-hybridized carbons (Fsp3) is 0.0213. The van der Waals surface area contributed by atoms with Gasteiger partial charge in [0, 0.05) is 27.6 Å². The van der Waals surface area contributed by atoms with Gasteiger partial charge in [-0.25, -0.2) is 9.98 Å². The Balaban J connectivity index is 1.19. The van der Waals surface area contributed by atoms with Crippen LogP contribution in [0.5, 0.6) is 0 Å². The van der Waals surface area contributed by atoms with Crippen molar-refractivity contribution in [1.29, 1.82) is 0 Å². The number of hydrogen-bond donors (Lipinski definition) is 0. The van der Waals surface area contributed by atoms with Gasteiger partial charge in [0.15, 0.2) is 5.84 Å². The molecule has 9 aromatic rings. The van der Waals surface area contributed by atoms with Gasteiger partial charge in [0.2, 0.25) is 0 Å². The number of benzene rings is 8. The lowest BCUT2D eigenvalue weighted by Gasteiger charge is -2.12. The van der Waals surface area contributed by atoms with Crippen LogP contribution in [0.4, 0.5) is 0 Å². The molecule has 236 valence electrons. The molecule has 3 heteroatoms. The molecule has 0 saturated heterocycles. The van der Waals surface area contributed by atoms with Gasteiger partial charge in [-0.3, -0.25) is 0 Å². The Morgan fingerprint density at radius 3 is 1.66 bits per heavy atom. The molecule has 3 nitrogen and oxygen atoms in total. The largest absolute Gasteiger partial charge is 0.456 e. The zero-order valence-corrected chi connectivity index (χ0v) is 27.6. The minimum absolute atomic E-state index is 0.610. The third-order valence-electron chi connectivity index (χ3n) is 9.62. The van der Waals surface area contributed by atoms with E-state index in [-0.39, 0.29) is 0 Å². The van der Waals surface area contributed by atoms with E-state index in [1.165, 1.54) is 32.3 Å². The Morgan fingerprint density at radius 1 is 0.460 bits per heavy atom. The van der Waals surface area contributed by atoms with Gasteiger partial charge in [0.1, 0.15) is 11.2 Å². The van der Waals surface area contributed by atoms with Gasteiger partial charge in [-0.1, -0.05) is 146 Å². The predicted molar refractivity (Wildman–Crippen MR) is 212 cm³/mol. The van der Waals surface area contributed by atoms with Crippen LogP contribution in [0.25, 0.3) is 71.1 Å². The molecule has 0 amide bonds. The summed E-state index contributed by atoms with van der Waals surface area (Å²) in [4.78, 5) is 10.1. The van der Waals surface area contributed by atoms with Crippen LogP contribution in [0.15, 0.2) is 185 Å². The van der Waals surface area contributed by atoms with Gasteiger partial charge in [-0.15, -0.1) is 0 Å². The van der Waals surface area contributed by atoms with Crippen molar-refractivity contribution in [2.45, 2.75) is 6.92 Å². The Morgan fingerprint density at radius 2 is 1.00 bits per heavy atom. The molecule has 0 spiro atoms. The van der Waals surface area contributed by atoms with E-state index in [2.05, 4.69) is 97.6 Å². The number of fused-ring (bicyclic) bond motifs is 9. The molecular weight excluding hydrogens is 609 g/mol. The quantitative estimate of drug-likeness (QED) is 0.105. The molecule has 0 N–H and O–H groups in total. The third kappa shape index (κ3) is 5.08. The van der Waals surface area contributed by atoms with Crippen LogP contribution in [0.2, 0.25) is 0 Å². The molecule has 0 unspecified atom stereocenters. The van der Waals surface area contributed by atoms with Crippen molar-refractivity contribution in [1.82, 2.24) is 0 Å². The van der Waals surface area contributed by atoms with Crippen LogP contribution in [0, 0.1) is 0 Å². The van der Waals surface area contributed by atoms with Crippen LogP contribution in [0.1, 0.15) is 23.6 Å². The molecule has 0 aliphatic heterocycles. The Labute approximate surface area is 290 Å². The Bertz CT molecular complexity index is 2790. The summed E-state index contributed by atoms with van der Waals surface area (Å²) in [5.74, 6) is 0.610. The average molecular weight is 641 g/mol. The predicted octanol–water partition coefficient (Wildman–Crippen LogP) is 12.6. The molecule has 0 aliphatic carbocycles. The zero-order chi connectivity index (χ0) is 33.6. The van der Waals surface area contributed by atoms with Crippen molar-refractivity contribution in [3.8, 4) is 11.1 Å². The first-order valence-electron chi connectivity index (χ1n) is 16.9. The van der Waals surface area contributed by atoms with E-state index < -0.39 is 0 Å². The summed E-state index contributed by atoms with van der Waals surface area (Å²) in [6.07, 6.45) is 0. The molecule has 0 bridgehead atoms. The molecule has 0 radical (unpaired) electrons. The minimum Gasteiger partial charge on any atom is -0.456 e. The van der Waals surface area contributed by atoms with E-state index in [0.29, 0.717) is 11.5 Å². The van der Waals surface area contributed by atoms with Crippen molar-refractivity contribution >= 4 is 71.5 Å². The summed E-state index contributed by atoms with van der Waals surface area (Å²) in [7, 11) is 0. The maximum absolute atomic E-state index is 6.42. The lowest BCUT2D eigenvalue weighted by atomic mass is 9.92. The maximum atomic E-state index is 6.42. The van der Waals surface area contributed by atoms with Crippen LogP contribution in [0.3, 0.4) is 0 Å². The fourth-order valence-electron chi connectivity index (χ4n) is 7.18. The highest BCUT2D eigenvalue weighted by Crippen LogP contribution is 2.39. The van der Waals surface area contributed by atoms with Crippen molar-refractivity contribution in [2.75, 3.05) is 0 Å². The van der Waals surface area contributed by atoms with Crippen molar-refractivity contribution in [2.24, 2.45) is 9.98 Å². The number of amidine groups is 1. The molecule has 1 heterocycles.